The van der Waals surface area contributed by atoms with Crippen LogP contribution in [0.2, 0.25) is 0 Å². The highest BCUT2D eigenvalue weighted by atomic mass is 16.6. The lowest BCUT2D eigenvalue weighted by atomic mass is 10.1. The number of benzene rings is 1. The minimum atomic E-state index is 0.0843. The SMILES string of the molecule is CCON=Cc1ccc(OCCCCCN2CCN(c3ccncc3)C2=O)c(C)c1. The van der Waals surface area contributed by atoms with Crippen LogP contribution >= 0.6 is 0 Å². The van der Waals surface area contributed by atoms with Crippen LogP contribution in [0.25, 0.3) is 0 Å². The fraction of sp³-hybridized carbons (Fsp3) is 0.435. The summed E-state index contributed by atoms with van der Waals surface area (Å²) in [7, 11) is 0. The number of unbranched alkanes of at least 4 members (excludes halogenated alkanes) is 2. The van der Waals surface area contributed by atoms with Crippen LogP contribution in [-0.2, 0) is 4.84 Å². The Balaban J connectivity index is 1.34. The zero-order chi connectivity index (χ0) is 21.2. The van der Waals surface area contributed by atoms with Crippen molar-refractivity contribution >= 4 is 17.9 Å². The smallest absolute Gasteiger partial charge is 0.324 e. The molecule has 7 heteroatoms. The van der Waals surface area contributed by atoms with Gasteiger partial charge in [-0.05, 0) is 74.6 Å². The van der Waals surface area contributed by atoms with Crippen LogP contribution in [0.4, 0.5) is 10.5 Å². The van der Waals surface area contributed by atoms with Crippen molar-refractivity contribution in [3.63, 3.8) is 0 Å². The van der Waals surface area contributed by atoms with Crippen molar-refractivity contribution in [3.05, 3.63) is 53.9 Å². The van der Waals surface area contributed by atoms with Gasteiger partial charge in [0, 0.05) is 37.7 Å². The molecule has 0 saturated carbocycles. The third kappa shape index (κ3) is 5.95. The summed E-state index contributed by atoms with van der Waals surface area (Å²) in [4.78, 5) is 25.3. The molecule has 1 aromatic carbocycles. The summed E-state index contributed by atoms with van der Waals surface area (Å²) in [5, 5.41) is 3.89. The van der Waals surface area contributed by atoms with Gasteiger partial charge >= 0.3 is 6.03 Å². The fourth-order valence-electron chi connectivity index (χ4n) is 3.40. The van der Waals surface area contributed by atoms with Crippen LogP contribution in [0.3, 0.4) is 0 Å². The molecule has 1 aliphatic rings. The minimum absolute atomic E-state index is 0.0843. The van der Waals surface area contributed by atoms with Crippen LogP contribution in [0.1, 0.15) is 37.3 Å². The topological polar surface area (TPSA) is 67.3 Å². The molecule has 2 aromatic rings. The summed E-state index contributed by atoms with van der Waals surface area (Å²) in [6.45, 7) is 7.45. The number of rotatable bonds is 11. The average Bonchev–Trinajstić information content (AvgIpc) is 3.13. The average molecular weight is 411 g/mol. The number of carbonyl (C=O) groups is 1. The fourth-order valence-corrected chi connectivity index (χ4v) is 3.40. The molecule has 2 amide bonds. The van der Waals surface area contributed by atoms with E-state index in [0.29, 0.717) is 13.2 Å². The number of urea groups is 1. The van der Waals surface area contributed by atoms with Crippen molar-refractivity contribution in [2.45, 2.75) is 33.1 Å². The van der Waals surface area contributed by atoms with Crippen LogP contribution in [0.5, 0.6) is 5.75 Å². The Kier molecular flexibility index (Phi) is 8.06. The number of hydrogen-bond acceptors (Lipinski definition) is 5. The highest BCUT2D eigenvalue weighted by Gasteiger charge is 2.28. The second-order valence-electron chi connectivity index (χ2n) is 7.21. The second kappa shape index (κ2) is 11.2. The number of oxime groups is 1. The van der Waals surface area contributed by atoms with Crippen LogP contribution in [-0.4, -0.2) is 55.0 Å². The van der Waals surface area contributed by atoms with Gasteiger partial charge in [-0.15, -0.1) is 0 Å². The van der Waals surface area contributed by atoms with E-state index in [2.05, 4.69) is 10.1 Å². The molecular formula is C23H30N4O3. The number of anilines is 1. The van der Waals surface area contributed by atoms with E-state index >= 15 is 0 Å². The lowest BCUT2D eigenvalue weighted by Gasteiger charge is -2.18. The van der Waals surface area contributed by atoms with Crippen LogP contribution in [0.15, 0.2) is 47.9 Å². The molecule has 7 nitrogen and oxygen atoms in total. The maximum Gasteiger partial charge on any atom is 0.324 e. The van der Waals surface area contributed by atoms with Crippen molar-refractivity contribution in [1.29, 1.82) is 0 Å². The predicted octanol–water partition coefficient (Wildman–Crippen LogP) is 4.25. The molecule has 0 spiro atoms. The van der Waals surface area contributed by atoms with Crippen molar-refractivity contribution in [2.75, 3.05) is 37.7 Å². The Labute approximate surface area is 178 Å². The Morgan fingerprint density at radius 2 is 1.97 bits per heavy atom. The molecule has 2 heterocycles. The van der Waals surface area contributed by atoms with E-state index < -0.39 is 0 Å². The van der Waals surface area contributed by atoms with Crippen molar-refractivity contribution in [2.24, 2.45) is 5.16 Å². The Morgan fingerprint density at radius 3 is 2.73 bits per heavy atom. The Hall–Kier alpha value is -3.09. The standard InChI is InChI=1S/C23H30N4O3/c1-3-30-25-18-20-7-8-22(19(2)17-20)29-16-6-4-5-13-26-14-15-27(23(26)28)21-9-11-24-12-10-21/h7-12,17-18H,3-6,13-16H2,1-2H3. The molecule has 0 atom stereocenters. The maximum atomic E-state index is 12.5. The third-order valence-corrected chi connectivity index (χ3v) is 5.00. The molecular weight excluding hydrogens is 380 g/mol. The van der Waals surface area contributed by atoms with Crippen molar-refractivity contribution in [3.8, 4) is 5.75 Å². The lowest BCUT2D eigenvalue weighted by molar-refractivity contribution is 0.160. The summed E-state index contributed by atoms with van der Waals surface area (Å²) in [5.74, 6) is 0.895. The van der Waals surface area contributed by atoms with Gasteiger partial charge in [-0.1, -0.05) is 5.16 Å². The summed E-state index contributed by atoms with van der Waals surface area (Å²) < 4.78 is 5.92. The normalized spacial score (nSPS) is 14.0. The molecule has 3 rings (SSSR count). The molecule has 160 valence electrons. The first kappa shape index (κ1) is 21.6. The van der Waals surface area contributed by atoms with Gasteiger partial charge < -0.3 is 14.5 Å². The van der Waals surface area contributed by atoms with E-state index in [1.54, 1.807) is 18.6 Å². The number of pyridine rings is 1. The van der Waals surface area contributed by atoms with Gasteiger partial charge in [-0.2, -0.15) is 0 Å². The van der Waals surface area contributed by atoms with E-state index in [9.17, 15) is 4.79 Å². The first-order valence-corrected chi connectivity index (χ1v) is 10.5. The summed E-state index contributed by atoms with van der Waals surface area (Å²) >= 11 is 0. The highest BCUT2D eigenvalue weighted by Crippen LogP contribution is 2.20. The van der Waals surface area contributed by atoms with Crippen LogP contribution < -0.4 is 9.64 Å². The second-order valence-corrected chi connectivity index (χ2v) is 7.21. The number of carbonyl (C=O) groups excluding carboxylic acids is 1. The first-order chi connectivity index (χ1) is 14.7. The van der Waals surface area contributed by atoms with Gasteiger partial charge in [0.1, 0.15) is 12.4 Å². The van der Waals surface area contributed by atoms with E-state index in [4.69, 9.17) is 9.57 Å². The number of nitrogens with zero attached hydrogens (tertiary/aromatic N) is 4. The molecule has 0 bridgehead atoms. The number of amides is 2. The number of ether oxygens (including phenoxy) is 1. The predicted molar refractivity (Wildman–Crippen MR) is 118 cm³/mol. The van der Waals surface area contributed by atoms with Crippen molar-refractivity contribution in [1.82, 2.24) is 9.88 Å². The largest absolute Gasteiger partial charge is 0.493 e. The molecule has 1 aliphatic heterocycles. The van der Waals surface area contributed by atoms with Gasteiger partial charge in [-0.25, -0.2) is 4.79 Å². The zero-order valence-electron chi connectivity index (χ0n) is 17.8. The number of hydrogen-bond donors (Lipinski definition) is 0. The van der Waals surface area contributed by atoms with Gasteiger partial charge in [0.2, 0.25) is 0 Å². The van der Waals surface area contributed by atoms with Crippen LogP contribution in [0, 0.1) is 6.92 Å². The summed E-state index contributed by atoms with van der Waals surface area (Å²) in [5.41, 5.74) is 2.98. The molecule has 1 saturated heterocycles. The van der Waals surface area contributed by atoms with Crippen molar-refractivity contribution < 1.29 is 14.4 Å². The van der Waals surface area contributed by atoms with E-state index in [0.717, 1.165) is 61.5 Å². The van der Waals surface area contributed by atoms with Gasteiger partial charge in [0.15, 0.2) is 0 Å². The molecule has 0 radical (unpaired) electrons. The Bertz CT molecular complexity index is 842. The molecule has 0 unspecified atom stereocenters. The summed E-state index contributed by atoms with van der Waals surface area (Å²) in [6, 6.07) is 9.81. The number of aryl methyl sites for hydroxylation is 1. The molecule has 1 aromatic heterocycles. The molecule has 1 fully saturated rings. The molecule has 30 heavy (non-hydrogen) atoms. The molecule has 0 aliphatic carbocycles. The number of aromatic nitrogens is 1. The van der Waals surface area contributed by atoms with Gasteiger partial charge in [0.25, 0.3) is 0 Å². The van der Waals surface area contributed by atoms with E-state index in [1.807, 2.05) is 54.0 Å². The molecule has 0 N–H and O–H groups in total. The lowest BCUT2D eigenvalue weighted by Crippen LogP contribution is -2.32. The van der Waals surface area contributed by atoms with E-state index in [-0.39, 0.29) is 6.03 Å². The Morgan fingerprint density at radius 1 is 1.13 bits per heavy atom. The van der Waals surface area contributed by atoms with E-state index in [1.165, 1.54) is 0 Å². The quantitative estimate of drug-likeness (QED) is 0.315. The maximum absolute atomic E-state index is 12.5. The zero-order valence-corrected chi connectivity index (χ0v) is 17.8. The minimum Gasteiger partial charge on any atom is -0.493 e. The monoisotopic (exact) mass is 410 g/mol. The van der Waals surface area contributed by atoms with Gasteiger partial charge in [-0.3, -0.25) is 9.88 Å². The van der Waals surface area contributed by atoms with Gasteiger partial charge in [0.05, 0.1) is 12.8 Å². The summed E-state index contributed by atoms with van der Waals surface area (Å²) in [6.07, 6.45) is 8.10. The highest BCUT2D eigenvalue weighted by molar-refractivity contribution is 5.94. The third-order valence-electron chi connectivity index (χ3n) is 5.00. The first-order valence-electron chi connectivity index (χ1n) is 10.5.